The molecule has 3 aromatic carbocycles. The number of amides is 2. The largest absolute Gasteiger partial charge is 0.490 e. The van der Waals surface area contributed by atoms with E-state index in [0.29, 0.717) is 49.8 Å². The molecule has 0 aromatic heterocycles. The van der Waals surface area contributed by atoms with Gasteiger partial charge < -0.3 is 19.7 Å². The minimum atomic E-state index is -0.516. The average molecular weight is 499 g/mol. The average Bonchev–Trinajstić information content (AvgIpc) is 2.89. The van der Waals surface area contributed by atoms with Crippen LogP contribution in [0.15, 0.2) is 60.7 Å². The summed E-state index contributed by atoms with van der Waals surface area (Å²) in [7, 11) is 0. The number of aryl methyl sites for hydroxylation is 1. The van der Waals surface area contributed by atoms with Crippen LogP contribution in [-0.4, -0.2) is 43.0 Å². The molecular weight excluding hydrogens is 464 g/mol. The summed E-state index contributed by atoms with van der Waals surface area (Å²) in [5.41, 5.74) is 5.83. The van der Waals surface area contributed by atoms with Crippen molar-refractivity contribution in [1.82, 2.24) is 10.2 Å². The molecule has 0 fully saturated rings. The lowest BCUT2D eigenvalue weighted by Gasteiger charge is -2.45. The molecule has 1 N–H and O–H groups in total. The van der Waals surface area contributed by atoms with Crippen LogP contribution in [0.3, 0.4) is 0 Å². The van der Waals surface area contributed by atoms with Gasteiger partial charge in [-0.3, -0.25) is 9.59 Å². The predicted octanol–water partition coefficient (Wildman–Crippen LogP) is 4.99. The Morgan fingerprint density at radius 1 is 0.973 bits per heavy atom. The van der Waals surface area contributed by atoms with Crippen molar-refractivity contribution in [3.05, 3.63) is 94.0 Å². The standard InChI is InChI=1S/C31H34N2O4/c1-4-36-26-18-22-14-16-33-29(25(22)19-27(26)37-5-2)28(23-11-6-7-12-24(23)31(33)35)30(34)32-15-13-21-10-8-9-20(3)17-21/h6-12,17-19,28-29H,4-5,13-16H2,1-3H3,(H,32,34)/t28-,29-/m1/s1. The number of carbonyl (C=O) groups is 2. The van der Waals surface area contributed by atoms with Crippen molar-refractivity contribution < 1.29 is 19.1 Å². The molecule has 192 valence electrons. The first-order chi connectivity index (χ1) is 18.0. The highest BCUT2D eigenvalue weighted by molar-refractivity contribution is 6.01. The molecular formula is C31H34N2O4. The first-order valence-electron chi connectivity index (χ1n) is 13.2. The van der Waals surface area contributed by atoms with Gasteiger partial charge in [0, 0.05) is 18.7 Å². The van der Waals surface area contributed by atoms with Gasteiger partial charge in [-0.15, -0.1) is 0 Å². The first-order valence-corrected chi connectivity index (χ1v) is 13.2. The fourth-order valence-corrected chi connectivity index (χ4v) is 5.66. The highest BCUT2D eigenvalue weighted by Crippen LogP contribution is 2.48. The third-order valence-corrected chi connectivity index (χ3v) is 7.26. The van der Waals surface area contributed by atoms with Gasteiger partial charge in [0.15, 0.2) is 11.5 Å². The Hall–Kier alpha value is -3.80. The van der Waals surface area contributed by atoms with Crippen LogP contribution in [0.4, 0.5) is 0 Å². The zero-order chi connectivity index (χ0) is 25.9. The van der Waals surface area contributed by atoms with Crippen molar-refractivity contribution in [2.75, 3.05) is 26.3 Å². The second kappa shape index (κ2) is 10.7. The summed E-state index contributed by atoms with van der Waals surface area (Å²) in [5.74, 6) is 0.746. The number of nitrogens with zero attached hydrogens (tertiary/aromatic N) is 1. The maximum Gasteiger partial charge on any atom is 0.254 e. The molecule has 6 heteroatoms. The van der Waals surface area contributed by atoms with Gasteiger partial charge >= 0.3 is 0 Å². The van der Waals surface area contributed by atoms with E-state index in [1.54, 1.807) is 0 Å². The zero-order valence-corrected chi connectivity index (χ0v) is 21.8. The van der Waals surface area contributed by atoms with Gasteiger partial charge in [0.2, 0.25) is 5.91 Å². The Bertz CT molecular complexity index is 1320. The van der Waals surface area contributed by atoms with Gasteiger partial charge in [0.05, 0.1) is 25.2 Å². The van der Waals surface area contributed by atoms with E-state index in [2.05, 4.69) is 30.4 Å². The summed E-state index contributed by atoms with van der Waals surface area (Å²) in [4.78, 5) is 29.3. The molecule has 37 heavy (non-hydrogen) atoms. The quantitative estimate of drug-likeness (QED) is 0.475. The fourth-order valence-electron chi connectivity index (χ4n) is 5.66. The minimum absolute atomic E-state index is 0.0260. The molecule has 5 rings (SSSR count). The predicted molar refractivity (Wildman–Crippen MR) is 143 cm³/mol. The van der Waals surface area contributed by atoms with E-state index in [-0.39, 0.29) is 11.8 Å². The van der Waals surface area contributed by atoms with Crippen LogP contribution in [0.25, 0.3) is 0 Å². The summed E-state index contributed by atoms with van der Waals surface area (Å²) >= 11 is 0. The monoisotopic (exact) mass is 498 g/mol. The topological polar surface area (TPSA) is 67.9 Å². The van der Waals surface area contributed by atoms with E-state index in [0.717, 1.165) is 23.1 Å². The number of hydrogen-bond donors (Lipinski definition) is 1. The van der Waals surface area contributed by atoms with Gasteiger partial charge in [-0.2, -0.15) is 0 Å². The van der Waals surface area contributed by atoms with E-state index in [9.17, 15) is 9.59 Å². The lowest BCUT2D eigenvalue weighted by atomic mass is 9.75. The number of nitrogens with one attached hydrogen (secondary N) is 1. The van der Waals surface area contributed by atoms with Crippen LogP contribution >= 0.6 is 0 Å². The maximum atomic E-state index is 13.9. The molecule has 6 nitrogen and oxygen atoms in total. The lowest BCUT2D eigenvalue weighted by Crippen LogP contribution is -2.50. The number of hydrogen-bond acceptors (Lipinski definition) is 4. The number of rotatable bonds is 8. The molecule has 0 saturated carbocycles. The normalized spacial score (nSPS) is 17.9. The fraction of sp³-hybridized carbons (Fsp3) is 0.355. The van der Waals surface area contributed by atoms with Gasteiger partial charge in [0.25, 0.3) is 5.91 Å². The molecule has 0 saturated heterocycles. The summed E-state index contributed by atoms with van der Waals surface area (Å²) in [6, 6.07) is 19.5. The molecule has 0 bridgehead atoms. The second-order valence-corrected chi connectivity index (χ2v) is 9.65. The Morgan fingerprint density at radius 2 is 1.73 bits per heavy atom. The van der Waals surface area contributed by atoms with Crippen LogP contribution < -0.4 is 14.8 Å². The van der Waals surface area contributed by atoms with Crippen molar-refractivity contribution in [2.24, 2.45) is 0 Å². The number of benzene rings is 3. The minimum Gasteiger partial charge on any atom is -0.490 e. The summed E-state index contributed by atoms with van der Waals surface area (Å²) in [5, 5.41) is 3.18. The highest BCUT2D eigenvalue weighted by Gasteiger charge is 2.46. The summed E-state index contributed by atoms with van der Waals surface area (Å²) in [6.07, 6.45) is 1.45. The Balaban J connectivity index is 1.52. The van der Waals surface area contributed by atoms with E-state index in [1.165, 1.54) is 11.1 Å². The SMILES string of the molecule is CCOc1cc2c(cc1OCC)[C@@H]1[C@H](C(=O)NCCc3cccc(C)c3)c3ccccc3C(=O)N1CC2. The van der Waals surface area contributed by atoms with Crippen LogP contribution in [0, 0.1) is 6.92 Å². The smallest absolute Gasteiger partial charge is 0.254 e. The van der Waals surface area contributed by atoms with Crippen LogP contribution in [0.2, 0.25) is 0 Å². The zero-order valence-electron chi connectivity index (χ0n) is 21.8. The summed E-state index contributed by atoms with van der Waals surface area (Å²) in [6.45, 7) is 8.07. The molecule has 2 heterocycles. The van der Waals surface area contributed by atoms with Crippen molar-refractivity contribution in [3.63, 3.8) is 0 Å². The maximum absolute atomic E-state index is 13.9. The van der Waals surface area contributed by atoms with Crippen LogP contribution in [0.5, 0.6) is 11.5 Å². The molecule has 3 aromatic rings. The molecule has 0 spiro atoms. The molecule has 0 aliphatic carbocycles. The summed E-state index contributed by atoms with van der Waals surface area (Å²) < 4.78 is 11.8. The van der Waals surface area contributed by atoms with Gasteiger partial charge in [-0.25, -0.2) is 0 Å². The van der Waals surface area contributed by atoms with E-state index in [4.69, 9.17) is 9.47 Å². The van der Waals surface area contributed by atoms with Crippen LogP contribution in [0.1, 0.15) is 64.0 Å². The Kier molecular flexibility index (Phi) is 7.17. The van der Waals surface area contributed by atoms with Gasteiger partial charge in [0.1, 0.15) is 0 Å². The first kappa shape index (κ1) is 24.9. The van der Waals surface area contributed by atoms with Crippen molar-refractivity contribution >= 4 is 11.8 Å². The lowest BCUT2D eigenvalue weighted by molar-refractivity contribution is -0.124. The van der Waals surface area contributed by atoms with Gasteiger partial charge in [-0.05, 0) is 74.1 Å². The number of fused-ring (bicyclic) bond motifs is 4. The number of ether oxygens (including phenoxy) is 2. The van der Waals surface area contributed by atoms with Gasteiger partial charge in [-0.1, -0.05) is 48.0 Å². The highest BCUT2D eigenvalue weighted by atomic mass is 16.5. The van der Waals surface area contributed by atoms with Crippen molar-refractivity contribution in [2.45, 2.75) is 45.6 Å². The molecule has 2 amide bonds. The van der Waals surface area contributed by atoms with E-state index < -0.39 is 12.0 Å². The third-order valence-electron chi connectivity index (χ3n) is 7.26. The second-order valence-electron chi connectivity index (χ2n) is 9.65. The Labute approximate surface area is 218 Å². The van der Waals surface area contributed by atoms with E-state index >= 15 is 0 Å². The van der Waals surface area contributed by atoms with Crippen molar-refractivity contribution in [3.8, 4) is 11.5 Å². The van der Waals surface area contributed by atoms with Crippen molar-refractivity contribution in [1.29, 1.82) is 0 Å². The molecule has 2 aliphatic heterocycles. The Morgan fingerprint density at radius 3 is 2.49 bits per heavy atom. The molecule has 2 aliphatic rings. The molecule has 0 radical (unpaired) electrons. The molecule has 2 atom stereocenters. The van der Waals surface area contributed by atoms with Crippen LogP contribution in [-0.2, 0) is 17.6 Å². The van der Waals surface area contributed by atoms with E-state index in [1.807, 2.05) is 61.2 Å². The molecule has 0 unspecified atom stereocenters. The third kappa shape index (κ3) is 4.80. The number of carbonyl (C=O) groups excluding carboxylic acids is 2.